The van der Waals surface area contributed by atoms with Crippen LogP contribution in [0.3, 0.4) is 0 Å². The van der Waals surface area contributed by atoms with Crippen molar-refractivity contribution < 1.29 is 19.4 Å². The maximum atomic E-state index is 11.8. The Morgan fingerprint density at radius 2 is 1.27 bits per heavy atom. The molecule has 2 N–H and O–H groups in total. The van der Waals surface area contributed by atoms with Gasteiger partial charge in [-0.05, 0) is 19.3 Å². The van der Waals surface area contributed by atoms with Gasteiger partial charge in [0.05, 0.1) is 41.8 Å². The topological polar surface area (TPSA) is 169 Å². The van der Waals surface area contributed by atoms with E-state index >= 15 is 0 Å². The molecule has 0 atom stereocenters. The van der Waals surface area contributed by atoms with Gasteiger partial charge in [0.2, 0.25) is 11.8 Å². The molecule has 0 aliphatic rings. The lowest BCUT2D eigenvalue weighted by atomic mass is 10.2. The average molecular weight is 495 g/mol. The number of aryl methyl sites for hydroxylation is 2. The fourth-order valence-electron chi connectivity index (χ4n) is 2.68. The van der Waals surface area contributed by atoms with Crippen molar-refractivity contribution in [2.45, 2.75) is 46.0 Å². The number of carbonyl (C=O) groups is 2. The van der Waals surface area contributed by atoms with Crippen LogP contribution in [0.4, 0.5) is 11.4 Å². The van der Waals surface area contributed by atoms with E-state index in [1.165, 1.54) is 47.2 Å². The van der Waals surface area contributed by atoms with E-state index in [1.54, 1.807) is 0 Å². The van der Waals surface area contributed by atoms with E-state index in [1.807, 2.05) is 13.8 Å². The Balaban J connectivity index is 1.72. The predicted molar refractivity (Wildman–Crippen MR) is 126 cm³/mol. The van der Waals surface area contributed by atoms with Gasteiger partial charge in [-0.25, -0.2) is 10.9 Å². The number of rotatable bonds is 12. The van der Waals surface area contributed by atoms with Crippen LogP contribution in [-0.2, 0) is 22.4 Å². The molecular weight excluding hydrogens is 472 g/mol. The molecule has 0 saturated carbocycles. The lowest BCUT2D eigenvalue weighted by molar-refractivity contribution is -0.385. The summed E-state index contributed by atoms with van der Waals surface area (Å²) in [6.45, 7) is 3.64. The summed E-state index contributed by atoms with van der Waals surface area (Å²) in [5.74, 6) is -0.801. The Morgan fingerprint density at radius 3 is 1.58 bits per heavy atom. The molecular formula is C19H22N6O6S2. The Hall–Kier alpha value is -3.52. The fraction of sp³-hybridized carbons (Fsp3) is 0.368. The van der Waals surface area contributed by atoms with Crippen molar-refractivity contribution >= 4 is 58.3 Å². The molecule has 2 amide bonds. The zero-order chi connectivity index (χ0) is 24.4. The molecule has 0 unspecified atom stereocenters. The van der Waals surface area contributed by atoms with Crippen LogP contribution in [0, 0.1) is 20.2 Å². The maximum Gasteiger partial charge on any atom is 0.283 e. The highest BCUT2D eigenvalue weighted by atomic mass is 32.1. The van der Waals surface area contributed by atoms with Gasteiger partial charge in [-0.15, -0.1) is 22.7 Å². The second-order valence-corrected chi connectivity index (χ2v) is 8.91. The van der Waals surface area contributed by atoms with Gasteiger partial charge in [0, 0.05) is 25.0 Å². The van der Waals surface area contributed by atoms with E-state index in [9.17, 15) is 29.8 Å². The first-order chi connectivity index (χ1) is 15.7. The first kappa shape index (κ1) is 25.7. The number of hydrogen-bond donors (Lipinski definition) is 2. The lowest BCUT2D eigenvalue weighted by Gasteiger charge is -2.00. The zero-order valence-corrected chi connectivity index (χ0v) is 19.5. The van der Waals surface area contributed by atoms with Crippen LogP contribution in [-0.4, -0.2) is 34.1 Å². The number of thiophene rings is 2. The largest absolute Gasteiger partial charge is 0.283 e. The van der Waals surface area contributed by atoms with Gasteiger partial charge >= 0.3 is 0 Å². The van der Waals surface area contributed by atoms with Gasteiger partial charge in [-0.2, -0.15) is 10.2 Å². The maximum absolute atomic E-state index is 11.8. The third-order valence-electron chi connectivity index (χ3n) is 4.22. The highest BCUT2D eigenvalue weighted by Crippen LogP contribution is 2.29. The van der Waals surface area contributed by atoms with E-state index in [4.69, 9.17) is 0 Å². The Morgan fingerprint density at radius 1 is 0.879 bits per heavy atom. The SMILES string of the molecule is CCc1sc(/C=N\NC(=O)CCCC(=O)N/N=C\c2cc([N+](=O)[O-])c(CC)s2)cc1[N+](=O)[O-]. The number of nitro groups is 2. The predicted octanol–water partition coefficient (Wildman–Crippen LogP) is 3.52. The van der Waals surface area contributed by atoms with E-state index in [2.05, 4.69) is 21.1 Å². The number of hydrogen-bond acceptors (Lipinski definition) is 10. The zero-order valence-electron chi connectivity index (χ0n) is 17.9. The summed E-state index contributed by atoms with van der Waals surface area (Å²) in [7, 11) is 0. The molecule has 0 aliphatic heterocycles. The van der Waals surface area contributed by atoms with Gasteiger partial charge in [0.15, 0.2) is 0 Å². The number of hydrazone groups is 2. The molecule has 2 heterocycles. The van der Waals surface area contributed by atoms with Gasteiger partial charge < -0.3 is 0 Å². The minimum absolute atomic E-state index is 0.0343. The van der Waals surface area contributed by atoms with Gasteiger partial charge in [0.25, 0.3) is 11.4 Å². The first-order valence-corrected chi connectivity index (χ1v) is 11.6. The molecule has 2 aromatic rings. The third-order valence-corrected chi connectivity index (χ3v) is 6.62. The molecule has 176 valence electrons. The first-order valence-electron chi connectivity index (χ1n) is 9.93. The van der Waals surface area contributed by atoms with Crippen LogP contribution in [0.15, 0.2) is 22.3 Å². The molecule has 0 spiro atoms. The van der Waals surface area contributed by atoms with Crippen LogP contribution >= 0.6 is 22.7 Å². The van der Waals surface area contributed by atoms with Gasteiger partial charge in [-0.1, -0.05) is 13.8 Å². The van der Waals surface area contributed by atoms with Crippen molar-refractivity contribution in [3.8, 4) is 0 Å². The molecule has 0 aromatic carbocycles. The van der Waals surface area contributed by atoms with Crippen LogP contribution in [0.1, 0.15) is 52.6 Å². The summed E-state index contributed by atoms with van der Waals surface area (Å²) in [5.41, 5.74) is 4.71. The van der Waals surface area contributed by atoms with E-state index in [-0.39, 0.29) is 30.6 Å². The van der Waals surface area contributed by atoms with E-state index in [0.717, 1.165) is 0 Å². The summed E-state index contributed by atoms with van der Waals surface area (Å²) in [6, 6.07) is 2.81. The molecule has 14 heteroatoms. The quantitative estimate of drug-likeness (QED) is 0.260. The molecule has 2 rings (SSSR count). The van der Waals surface area contributed by atoms with Gasteiger partial charge in [-0.3, -0.25) is 29.8 Å². The van der Waals surface area contributed by atoms with E-state index < -0.39 is 21.7 Å². The molecule has 2 aromatic heterocycles. The summed E-state index contributed by atoms with van der Waals surface area (Å²) in [4.78, 5) is 47.1. The van der Waals surface area contributed by atoms with Crippen molar-refractivity contribution in [1.82, 2.24) is 10.9 Å². The molecule has 0 fully saturated rings. The number of amides is 2. The second-order valence-electron chi connectivity index (χ2n) is 6.58. The second kappa shape index (κ2) is 12.5. The minimum Gasteiger partial charge on any atom is -0.273 e. The molecule has 12 nitrogen and oxygen atoms in total. The monoisotopic (exact) mass is 494 g/mol. The van der Waals surface area contributed by atoms with Crippen LogP contribution < -0.4 is 10.9 Å². The van der Waals surface area contributed by atoms with E-state index in [0.29, 0.717) is 32.4 Å². The third kappa shape index (κ3) is 7.84. The van der Waals surface area contributed by atoms with Crippen molar-refractivity contribution in [2.75, 3.05) is 0 Å². The minimum atomic E-state index is -0.451. The highest BCUT2D eigenvalue weighted by molar-refractivity contribution is 7.14. The number of carbonyl (C=O) groups excluding carboxylic acids is 2. The van der Waals surface area contributed by atoms with Crippen LogP contribution in [0.5, 0.6) is 0 Å². The van der Waals surface area contributed by atoms with Gasteiger partial charge in [0.1, 0.15) is 0 Å². The smallest absolute Gasteiger partial charge is 0.273 e. The molecule has 0 radical (unpaired) electrons. The molecule has 33 heavy (non-hydrogen) atoms. The van der Waals surface area contributed by atoms with Crippen LogP contribution in [0.2, 0.25) is 0 Å². The van der Waals surface area contributed by atoms with Crippen molar-refractivity contribution in [1.29, 1.82) is 0 Å². The molecule has 0 bridgehead atoms. The van der Waals surface area contributed by atoms with Crippen molar-refractivity contribution in [2.24, 2.45) is 10.2 Å². The molecule has 0 saturated heterocycles. The number of nitrogens with one attached hydrogen (secondary N) is 2. The Labute approximate surface area is 196 Å². The summed E-state index contributed by atoms with van der Waals surface area (Å²) >= 11 is 2.46. The standard InChI is InChI=1S/C19H22N6O6S2/c1-3-16-14(24(28)29)8-12(32-16)10-20-22-18(26)6-5-7-19(27)23-21-11-13-9-15(25(30)31)17(4-2)33-13/h8-11H,3-7H2,1-2H3,(H,22,26)(H,23,27)/b20-10-,21-11-. The summed E-state index contributed by atoms with van der Waals surface area (Å²) < 4.78 is 0. The summed E-state index contributed by atoms with van der Waals surface area (Å²) in [6.07, 6.45) is 4.11. The average Bonchev–Trinajstić information content (AvgIpc) is 3.38. The fourth-order valence-corrected chi connectivity index (χ4v) is 4.56. The van der Waals surface area contributed by atoms with Crippen molar-refractivity contribution in [3.63, 3.8) is 0 Å². The lowest BCUT2D eigenvalue weighted by Crippen LogP contribution is -2.20. The van der Waals surface area contributed by atoms with Crippen molar-refractivity contribution in [3.05, 3.63) is 51.9 Å². The molecule has 0 aliphatic carbocycles. The number of nitrogens with zero attached hydrogens (tertiary/aromatic N) is 4. The normalized spacial score (nSPS) is 11.2. The Kier molecular flexibility index (Phi) is 9.75. The summed E-state index contributed by atoms with van der Waals surface area (Å²) in [5, 5.41) is 29.5. The highest BCUT2D eigenvalue weighted by Gasteiger charge is 2.17. The Bertz CT molecular complexity index is 1010. The van der Waals surface area contributed by atoms with Crippen LogP contribution in [0.25, 0.3) is 0 Å².